The lowest BCUT2D eigenvalue weighted by Gasteiger charge is -2.19. The molecule has 4 nitrogen and oxygen atoms in total. The fourth-order valence-electron chi connectivity index (χ4n) is 1.91. The molecule has 1 aromatic carbocycles. The second-order valence-corrected chi connectivity index (χ2v) is 4.82. The van der Waals surface area contributed by atoms with Crippen LogP contribution in [0.3, 0.4) is 0 Å². The van der Waals surface area contributed by atoms with E-state index in [2.05, 4.69) is 24.1 Å². The van der Waals surface area contributed by atoms with Crippen LogP contribution in [0, 0.1) is 5.82 Å². The first-order valence-corrected chi connectivity index (χ1v) is 7.14. The summed E-state index contributed by atoms with van der Waals surface area (Å²) in [6.45, 7) is 6.94. The molecule has 0 unspecified atom stereocenters. The Bertz CT molecular complexity index is 437. The molecule has 0 aromatic heterocycles. The van der Waals surface area contributed by atoms with Crippen LogP contribution in [-0.4, -0.2) is 30.4 Å². The van der Waals surface area contributed by atoms with Gasteiger partial charge in [-0.25, -0.2) is 4.39 Å². The van der Waals surface area contributed by atoms with Crippen molar-refractivity contribution in [2.24, 2.45) is 0 Å². The molecule has 0 heterocycles. The van der Waals surface area contributed by atoms with Gasteiger partial charge >= 0.3 is 0 Å². The Labute approximate surface area is 120 Å². The molecule has 0 spiro atoms. The van der Waals surface area contributed by atoms with Crippen molar-refractivity contribution in [3.8, 4) is 0 Å². The van der Waals surface area contributed by atoms with Gasteiger partial charge in [0.25, 0.3) is 0 Å². The SMILES string of the molecule is CCCCN(CC)CCC(=O)Nc1ccc(F)c(N)c1. The van der Waals surface area contributed by atoms with Crippen molar-refractivity contribution in [1.82, 2.24) is 4.90 Å². The van der Waals surface area contributed by atoms with E-state index in [4.69, 9.17) is 5.73 Å². The van der Waals surface area contributed by atoms with Crippen LogP contribution in [0.4, 0.5) is 15.8 Å². The van der Waals surface area contributed by atoms with Gasteiger partial charge in [0.05, 0.1) is 5.69 Å². The van der Waals surface area contributed by atoms with Crippen molar-refractivity contribution in [2.75, 3.05) is 30.7 Å². The normalized spacial score (nSPS) is 10.8. The number of carbonyl (C=O) groups excluding carboxylic acids is 1. The zero-order chi connectivity index (χ0) is 15.0. The number of rotatable bonds is 8. The van der Waals surface area contributed by atoms with Crippen LogP contribution in [0.15, 0.2) is 18.2 Å². The summed E-state index contributed by atoms with van der Waals surface area (Å²) < 4.78 is 13.0. The van der Waals surface area contributed by atoms with Crippen LogP contribution in [0.25, 0.3) is 0 Å². The molecule has 1 amide bonds. The van der Waals surface area contributed by atoms with E-state index in [0.29, 0.717) is 12.1 Å². The highest BCUT2D eigenvalue weighted by Crippen LogP contribution is 2.16. The summed E-state index contributed by atoms with van der Waals surface area (Å²) in [5, 5.41) is 2.73. The molecular formula is C15H24FN3O. The molecule has 0 radical (unpaired) electrons. The number of carbonyl (C=O) groups is 1. The van der Waals surface area contributed by atoms with Crippen molar-refractivity contribution in [1.29, 1.82) is 0 Å². The van der Waals surface area contributed by atoms with Crippen molar-refractivity contribution < 1.29 is 9.18 Å². The maximum atomic E-state index is 13.0. The number of anilines is 2. The lowest BCUT2D eigenvalue weighted by molar-refractivity contribution is -0.116. The van der Waals surface area contributed by atoms with Crippen LogP contribution >= 0.6 is 0 Å². The molecular weight excluding hydrogens is 257 g/mol. The summed E-state index contributed by atoms with van der Waals surface area (Å²) in [5.74, 6) is -0.550. The van der Waals surface area contributed by atoms with E-state index in [1.807, 2.05) is 0 Å². The third-order valence-electron chi connectivity index (χ3n) is 3.21. The number of nitrogen functional groups attached to an aromatic ring is 1. The minimum atomic E-state index is -0.472. The largest absolute Gasteiger partial charge is 0.396 e. The van der Waals surface area contributed by atoms with Gasteiger partial charge in [0.15, 0.2) is 0 Å². The molecule has 1 rings (SSSR count). The number of nitrogens with zero attached hydrogens (tertiary/aromatic N) is 1. The number of hydrogen-bond donors (Lipinski definition) is 2. The van der Waals surface area contributed by atoms with Gasteiger partial charge < -0.3 is 16.0 Å². The van der Waals surface area contributed by atoms with E-state index in [1.165, 1.54) is 18.2 Å². The van der Waals surface area contributed by atoms with Gasteiger partial charge in [0, 0.05) is 18.7 Å². The number of hydrogen-bond acceptors (Lipinski definition) is 3. The minimum Gasteiger partial charge on any atom is -0.396 e. The molecule has 0 fully saturated rings. The Morgan fingerprint density at radius 3 is 2.70 bits per heavy atom. The molecule has 112 valence electrons. The Morgan fingerprint density at radius 2 is 2.10 bits per heavy atom. The van der Waals surface area contributed by atoms with E-state index < -0.39 is 5.82 Å². The number of benzene rings is 1. The maximum Gasteiger partial charge on any atom is 0.225 e. The fourth-order valence-corrected chi connectivity index (χ4v) is 1.91. The van der Waals surface area contributed by atoms with E-state index in [1.54, 1.807) is 0 Å². The maximum absolute atomic E-state index is 13.0. The first kappa shape index (κ1) is 16.4. The molecule has 0 aliphatic rings. The molecule has 0 atom stereocenters. The number of nitrogens with two attached hydrogens (primary N) is 1. The van der Waals surface area contributed by atoms with Crippen LogP contribution < -0.4 is 11.1 Å². The monoisotopic (exact) mass is 281 g/mol. The van der Waals surface area contributed by atoms with Gasteiger partial charge in [-0.15, -0.1) is 0 Å². The molecule has 5 heteroatoms. The Kier molecular flexibility index (Phi) is 7.01. The van der Waals surface area contributed by atoms with E-state index in [9.17, 15) is 9.18 Å². The minimum absolute atomic E-state index is 0.0425. The van der Waals surface area contributed by atoms with Gasteiger partial charge in [-0.05, 0) is 37.7 Å². The zero-order valence-corrected chi connectivity index (χ0v) is 12.3. The topological polar surface area (TPSA) is 58.4 Å². The quantitative estimate of drug-likeness (QED) is 0.720. The van der Waals surface area contributed by atoms with Crippen LogP contribution in [0.5, 0.6) is 0 Å². The molecule has 3 N–H and O–H groups in total. The van der Waals surface area contributed by atoms with Crippen molar-refractivity contribution >= 4 is 17.3 Å². The first-order valence-electron chi connectivity index (χ1n) is 7.14. The summed E-state index contributed by atoms with van der Waals surface area (Å²) >= 11 is 0. The summed E-state index contributed by atoms with van der Waals surface area (Å²) in [5.41, 5.74) is 6.04. The van der Waals surface area contributed by atoms with Crippen LogP contribution in [0.2, 0.25) is 0 Å². The van der Waals surface area contributed by atoms with Crippen LogP contribution in [0.1, 0.15) is 33.1 Å². The standard InChI is InChI=1S/C15H24FN3O/c1-3-5-9-19(4-2)10-8-15(20)18-12-6-7-13(16)14(17)11-12/h6-7,11H,3-5,8-10,17H2,1-2H3,(H,18,20). The summed E-state index contributed by atoms with van der Waals surface area (Å²) in [6.07, 6.45) is 2.72. The van der Waals surface area contributed by atoms with Gasteiger partial charge in [-0.1, -0.05) is 20.3 Å². The fraction of sp³-hybridized carbons (Fsp3) is 0.533. The number of amides is 1. The van der Waals surface area contributed by atoms with E-state index in [0.717, 1.165) is 32.5 Å². The Morgan fingerprint density at radius 1 is 1.35 bits per heavy atom. The molecule has 0 aliphatic carbocycles. The van der Waals surface area contributed by atoms with Crippen molar-refractivity contribution in [2.45, 2.75) is 33.1 Å². The number of halogens is 1. The predicted molar refractivity (Wildman–Crippen MR) is 81.1 cm³/mol. The summed E-state index contributed by atoms with van der Waals surface area (Å²) in [7, 11) is 0. The first-order chi connectivity index (χ1) is 9.56. The van der Waals surface area contributed by atoms with E-state index in [-0.39, 0.29) is 11.6 Å². The average Bonchev–Trinajstić information content (AvgIpc) is 2.43. The summed E-state index contributed by atoms with van der Waals surface area (Å²) in [6, 6.07) is 4.20. The average molecular weight is 281 g/mol. The van der Waals surface area contributed by atoms with Crippen LogP contribution in [-0.2, 0) is 4.79 Å². The van der Waals surface area contributed by atoms with Gasteiger partial charge in [-0.3, -0.25) is 4.79 Å². The molecule has 0 bridgehead atoms. The molecule has 0 aliphatic heterocycles. The second kappa shape index (κ2) is 8.53. The van der Waals surface area contributed by atoms with Gasteiger partial charge in [0.1, 0.15) is 5.82 Å². The highest BCUT2D eigenvalue weighted by molar-refractivity contribution is 5.91. The van der Waals surface area contributed by atoms with E-state index >= 15 is 0 Å². The Hall–Kier alpha value is -1.62. The second-order valence-electron chi connectivity index (χ2n) is 4.82. The third-order valence-corrected chi connectivity index (χ3v) is 3.21. The van der Waals surface area contributed by atoms with Crippen molar-refractivity contribution in [3.63, 3.8) is 0 Å². The summed E-state index contributed by atoms with van der Waals surface area (Å²) in [4.78, 5) is 14.1. The molecule has 0 saturated carbocycles. The van der Waals surface area contributed by atoms with Gasteiger partial charge in [-0.2, -0.15) is 0 Å². The van der Waals surface area contributed by atoms with Gasteiger partial charge in [0.2, 0.25) is 5.91 Å². The predicted octanol–water partition coefficient (Wildman–Crippen LogP) is 2.86. The zero-order valence-electron chi connectivity index (χ0n) is 12.3. The molecule has 20 heavy (non-hydrogen) atoms. The Balaban J connectivity index is 2.40. The number of unbranched alkanes of at least 4 members (excludes halogenated alkanes) is 1. The lowest BCUT2D eigenvalue weighted by atomic mass is 10.2. The molecule has 1 aromatic rings. The highest BCUT2D eigenvalue weighted by atomic mass is 19.1. The van der Waals surface area contributed by atoms with Crippen molar-refractivity contribution in [3.05, 3.63) is 24.0 Å². The number of nitrogens with one attached hydrogen (secondary N) is 1. The molecule has 0 saturated heterocycles. The lowest BCUT2D eigenvalue weighted by Crippen LogP contribution is -2.28. The smallest absolute Gasteiger partial charge is 0.225 e. The highest BCUT2D eigenvalue weighted by Gasteiger charge is 2.08. The third kappa shape index (κ3) is 5.57.